The van der Waals surface area contributed by atoms with Crippen molar-refractivity contribution in [3.63, 3.8) is 0 Å². The number of benzene rings is 1. The van der Waals surface area contributed by atoms with Gasteiger partial charge in [0.15, 0.2) is 5.01 Å². The minimum absolute atomic E-state index is 0.298. The van der Waals surface area contributed by atoms with E-state index in [2.05, 4.69) is 20.5 Å². The number of nitrogens with zero attached hydrogens (tertiary/aromatic N) is 2. The molecular weight excluding hydrogens is 312 g/mol. The normalized spacial score (nSPS) is 11.6. The summed E-state index contributed by atoms with van der Waals surface area (Å²) >= 11 is 1.44. The zero-order valence-electron chi connectivity index (χ0n) is 13.2. The highest BCUT2D eigenvalue weighted by Crippen LogP contribution is 2.26. The van der Waals surface area contributed by atoms with Crippen LogP contribution in [0.1, 0.15) is 25.8 Å². The number of carbonyl (C=O) groups excluding carboxylic acids is 1. The summed E-state index contributed by atoms with van der Waals surface area (Å²) in [4.78, 5) is 15.0. The van der Waals surface area contributed by atoms with Crippen molar-refractivity contribution in [2.24, 2.45) is 0 Å². The lowest BCUT2D eigenvalue weighted by Gasteiger charge is -2.19. The highest BCUT2D eigenvalue weighted by atomic mass is 32.1. The maximum Gasteiger partial charge on any atom is 0.408 e. The van der Waals surface area contributed by atoms with Gasteiger partial charge in [0.2, 0.25) is 0 Å². The van der Waals surface area contributed by atoms with E-state index in [1.165, 1.54) is 11.3 Å². The van der Waals surface area contributed by atoms with Gasteiger partial charge in [-0.05, 0) is 32.9 Å². The van der Waals surface area contributed by atoms with E-state index in [9.17, 15) is 4.79 Å². The van der Waals surface area contributed by atoms with Crippen molar-refractivity contribution in [2.75, 3.05) is 0 Å². The largest absolute Gasteiger partial charge is 0.444 e. The Morgan fingerprint density at radius 1 is 1.30 bits per heavy atom. The third kappa shape index (κ3) is 3.87. The molecule has 7 heteroatoms. The van der Waals surface area contributed by atoms with E-state index in [4.69, 9.17) is 4.74 Å². The molecule has 0 fully saturated rings. The number of carbonyl (C=O) groups is 1. The maximum atomic E-state index is 11.6. The lowest BCUT2D eigenvalue weighted by atomic mass is 10.2. The summed E-state index contributed by atoms with van der Waals surface area (Å²) in [7, 11) is 0. The van der Waals surface area contributed by atoms with E-state index in [-0.39, 0.29) is 0 Å². The van der Waals surface area contributed by atoms with E-state index in [0.29, 0.717) is 6.54 Å². The molecule has 0 saturated carbocycles. The summed E-state index contributed by atoms with van der Waals surface area (Å²) in [5.41, 5.74) is 1.47. The molecule has 3 aromatic rings. The zero-order chi connectivity index (χ0) is 16.4. The van der Waals surface area contributed by atoms with Gasteiger partial charge in [-0.3, -0.25) is 0 Å². The fourth-order valence-electron chi connectivity index (χ4n) is 2.08. The van der Waals surface area contributed by atoms with Gasteiger partial charge >= 0.3 is 6.09 Å². The standard InChI is InChI=1S/C16H18N4O2S/c1-16(2,3)22-15(21)17-9-13-19-20-14(23-13)12-8-10-6-4-5-7-11(10)18-12/h4-8,18H,9H2,1-3H3,(H,17,21). The summed E-state index contributed by atoms with van der Waals surface area (Å²) in [5.74, 6) is 0. The highest BCUT2D eigenvalue weighted by Gasteiger charge is 2.16. The van der Waals surface area contributed by atoms with Gasteiger partial charge < -0.3 is 15.0 Å². The third-order valence-electron chi connectivity index (χ3n) is 3.01. The molecule has 0 radical (unpaired) electrons. The topological polar surface area (TPSA) is 79.9 Å². The lowest BCUT2D eigenvalue weighted by Crippen LogP contribution is -2.32. The minimum Gasteiger partial charge on any atom is -0.444 e. The van der Waals surface area contributed by atoms with Gasteiger partial charge in [-0.1, -0.05) is 29.5 Å². The number of ether oxygens (including phenoxy) is 1. The second-order valence-electron chi connectivity index (χ2n) is 6.13. The molecule has 2 heterocycles. The first-order valence-corrected chi connectivity index (χ1v) is 8.10. The average molecular weight is 330 g/mol. The van der Waals surface area contributed by atoms with E-state index < -0.39 is 11.7 Å². The van der Waals surface area contributed by atoms with Crippen molar-refractivity contribution in [1.82, 2.24) is 20.5 Å². The molecule has 2 N–H and O–H groups in total. The first kappa shape index (κ1) is 15.5. The number of H-pyrrole nitrogens is 1. The van der Waals surface area contributed by atoms with Crippen LogP contribution >= 0.6 is 11.3 Å². The molecule has 1 amide bonds. The van der Waals surface area contributed by atoms with Crippen LogP contribution in [0.3, 0.4) is 0 Å². The SMILES string of the molecule is CC(C)(C)OC(=O)NCc1nnc(-c2cc3ccccc3[nH]2)s1. The number of rotatable bonds is 3. The molecule has 120 valence electrons. The summed E-state index contributed by atoms with van der Waals surface area (Å²) < 4.78 is 5.19. The number of para-hydroxylation sites is 1. The summed E-state index contributed by atoms with van der Waals surface area (Å²) in [6, 6.07) is 10.1. The number of aromatic nitrogens is 3. The number of aromatic amines is 1. The van der Waals surface area contributed by atoms with Crippen LogP contribution in [0.15, 0.2) is 30.3 Å². The van der Waals surface area contributed by atoms with Crippen molar-refractivity contribution < 1.29 is 9.53 Å². The molecule has 0 aliphatic heterocycles. The van der Waals surface area contributed by atoms with Gasteiger partial charge in [0.05, 0.1) is 12.2 Å². The third-order valence-corrected chi connectivity index (χ3v) is 3.97. The molecular formula is C16H18N4O2S. The van der Waals surface area contributed by atoms with Crippen molar-refractivity contribution in [1.29, 1.82) is 0 Å². The van der Waals surface area contributed by atoms with Crippen LogP contribution in [0.25, 0.3) is 21.6 Å². The molecule has 0 unspecified atom stereocenters. The molecule has 0 spiro atoms. The first-order chi connectivity index (χ1) is 10.9. The Morgan fingerprint density at radius 2 is 2.09 bits per heavy atom. The minimum atomic E-state index is -0.513. The Labute approximate surface area is 137 Å². The molecule has 0 saturated heterocycles. The van der Waals surface area contributed by atoms with Gasteiger partial charge in [-0.15, -0.1) is 10.2 Å². The molecule has 0 atom stereocenters. The van der Waals surface area contributed by atoms with Gasteiger partial charge in [-0.25, -0.2) is 4.79 Å². The molecule has 2 aromatic heterocycles. The van der Waals surface area contributed by atoms with Gasteiger partial charge in [0.1, 0.15) is 10.6 Å². The molecule has 0 bridgehead atoms. The van der Waals surface area contributed by atoms with Crippen molar-refractivity contribution in [2.45, 2.75) is 32.9 Å². The Bertz CT molecular complexity index is 799. The Balaban J connectivity index is 1.67. The quantitative estimate of drug-likeness (QED) is 0.767. The van der Waals surface area contributed by atoms with Crippen molar-refractivity contribution >= 4 is 28.3 Å². The van der Waals surface area contributed by atoms with E-state index >= 15 is 0 Å². The first-order valence-electron chi connectivity index (χ1n) is 7.28. The van der Waals surface area contributed by atoms with Crippen LogP contribution in [0.4, 0.5) is 4.79 Å². The van der Waals surface area contributed by atoms with E-state index in [0.717, 1.165) is 26.6 Å². The Morgan fingerprint density at radius 3 is 2.83 bits per heavy atom. The van der Waals surface area contributed by atoms with E-state index in [1.54, 1.807) is 0 Å². The number of amides is 1. The van der Waals surface area contributed by atoms with Crippen LogP contribution < -0.4 is 5.32 Å². The Kier molecular flexibility index (Phi) is 4.04. The van der Waals surface area contributed by atoms with Gasteiger partial charge in [0, 0.05) is 10.9 Å². The van der Waals surface area contributed by atoms with Crippen LogP contribution in [0.2, 0.25) is 0 Å². The second kappa shape index (κ2) is 6.00. The molecule has 3 rings (SSSR count). The smallest absolute Gasteiger partial charge is 0.408 e. The predicted octanol–water partition coefficient (Wildman–Crippen LogP) is 3.71. The van der Waals surface area contributed by atoms with Crippen LogP contribution in [-0.2, 0) is 11.3 Å². The molecule has 23 heavy (non-hydrogen) atoms. The number of nitrogens with one attached hydrogen (secondary N) is 2. The molecule has 0 aliphatic carbocycles. The van der Waals surface area contributed by atoms with Crippen LogP contribution in [-0.4, -0.2) is 26.9 Å². The monoisotopic (exact) mass is 330 g/mol. The highest BCUT2D eigenvalue weighted by molar-refractivity contribution is 7.14. The Hall–Kier alpha value is -2.41. The zero-order valence-corrected chi connectivity index (χ0v) is 14.0. The maximum absolute atomic E-state index is 11.6. The second-order valence-corrected chi connectivity index (χ2v) is 7.19. The summed E-state index contributed by atoms with van der Waals surface area (Å²) in [6.45, 7) is 5.77. The lowest BCUT2D eigenvalue weighted by molar-refractivity contribution is 0.0523. The van der Waals surface area contributed by atoms with Crippen LogP contribution in [0.5, 0.6) is 0 Å². The molecule has 1 aromatic carbocycles. The molecule has 0 aliphatic rings. The summed E-state index contributed by atoms with van der Waals surface area (Å²) in [6.07, 6.45) is -0.458. The number of hydrogen-bond acceptors (Lipinski definition) is 5. The van der Waals surface area contributed by atoms with E-state index in [1.807, 2.05) is 51.1 Å². The van der Waals surface area contributed by atoms with Crippen LogP contribution in [0, 0.1) is 0 Å². The van der Waals surface area contributed by atoms with Gasteiger partial charge in [0.25, 0.3) is 0 Å². The van der Waals surface area contributed by atoms with Crippen molar-refractivity contribution in [3.05, 3.63) is 35.3 Å². The fraction of sp³-hybridized carbons (Fsp3) is 0.312. The van der Waals surface area contributed by atoms with Gasteiger partial charge in [-0.2, -0.15) is 0 Å². The fourth-order valence-corrected chi connectivity index (χ4v) is 2.84. The number of fused-ring (bicyclic) bond motifs is 1. The van der Waals surface area contributed by atoms with Crippen molar-refractivity contribution in [3.8, 4) is 10.7 Å². The molecule has 6 nitrogen and oxygen atoms in total. The summed E-state index contributed by atoms with van der Waals surface area (Å²) in [5, 5.41) is 13.6. The predicted molar refractivity (Wildman–Crippen MR) is 90.3 cm³/mol. The number of hydrogen-bond donors (Lipinski definition) is 2. The average Bonchev–Trinajstić information content (AvgIpc) is 3.09. The number of alkyl carbamates (subject to hydrolysis) is 1.